The van der Waals surface area contributed by atoms with E-state index >= 15 is 0 Å². The van der Waals surface area contributed by atoms with Crippen molar-refractivity contribution in [3.8, 4) is 6.07 Å². The molecule has 3 rings (SSSR count). The average Bonchev–Trinajstić information content (AvgIpc) is 3.15. The molecule has 1 fully saturated rings. The molecule has 2 aromatic rings. The largest absolute Gasteiger partial charge is 0.337 e. The Balaban J connectivity index is 1.84. The lowest BCUT2D eigenvalue weighted by atomic mass is 9.91. The van der Waals surface area contributed by atoms with Crippen LogP contribution in [0.15, 0.2) is 28.8 Å². The maximum absolute atomic E-state index is 12.8. The van der Waals surface area contributed by atoms with Gasteiger partial charge in [0.15, 0.2) is 5.82 Å². The normalized spacial score (nSPS) is 20.0. The van der Waals surface area contributed by atoms with Gasteiger partial charge < -0.3 is 9.84 Å². The summed E-state index contributed by atoms with van der Waals surface area (Å²) in [4.78, 5) is 30.4. The number of amides is 3. The summed E-state index contributed by atoms with van der Waals surface area (Å²) in [5.41, 5.74) is -0.125. The molecule has 3 amide bonds. The Labute approximate surface area is 144 Å². The molecule has 128 valence electrons. The van der Waals surface area contributed by atoms with Crippen LogP contribution in [0.3, 0.4) is 0 Å². The van der Waals surface area contributed by atoms with Crippen LogP contribution >= 0.6 is 0 Å². The predicted molar refractivity (Wildman–Crippen MR) is 86.0 cm³/mol. The van der Waals surface area contributed by atoms with Gasteiger partial charge in [-0.05, 0) is 24.6 Å². The standard InChI is InChI=1S/C17H17N5O3/c1-10(2)14-19-13(25-21-14)9-22-15(23)17(3,20-16(22)24)12-6-4-11(8-18)5-7-12/h4-7,10H,9H2,1-3H3,(H,20,24). The van der Waals surface area contributed by atoms with E-state index in [9.17, 15) is 9.59 Å². The number of nitrogens with one attached hydrogen (secondary N) is 1. The fraction of sp³-hybridized carbons (Fsp3) is 0.353. The molecule has 0 bridgehead atoms. The van der Waals surface area contributed by atoms with Crippen LogP contribution < -0.4 is 5.32 Å². The van der Waals surface area contributed by atoms with E-state index in [1.165, 1.54) is 0 Å². The number of rotatable bonds is 4. The smallest absolute Gasteiger partial charge is 0.325 e. The van der Waals surface area contributed by atoms with Gasteiger partial charge >= 0.3 is 6.03 Å². The number of imide groups is 1. The number of carbonyl (C=O) groups excluding carboxylic acids is 2. The molecule has 1 atom stereocenters. The van der Waals surface area contributed by atoms with Crippen molar-refractivity contribution in [1.29, 1.82) is 5.26 Å². The van der Waals surface area contributed by atoms with E-state index in [4.69, 9.17) is 9.78 Å². The Kier molecular flexibility index (Phi) is 4.00. The van der Waals surface area contributed by atoms with Crippen LogP contribution in [0.4, 0.5) is 4.79 Å². The number of nitriles is 1. The molecule has 1 N–H and O–H groups in total. The molecule has 0 spiro atoms. The first-order chi connectivity index (χ1) is 11.8. The number of benzene rings is 1. The van der Waals surface area contributed by atoms with E-state index in [-0.39, 0.29) is 18.4 Å². The second kappa shape index (κ2) is 6.02. The van der Waals surface area contributed by atoms with Crippen molar-refractivity contribution in [2.24, 2.45) is 0 Å². The van der Waals surface area contributed by atoms with Crippen molar-refractivity contribution in [3.05, 3.63) is 47.1 Å². The molecular formula is C17H17N5O3. The maximum Gasteiger partial charge on any atom is 0.325 e. The van der Waals surface area contributed by atoms with Crippen LogP contribution in [0.25, 0.3) is 0 Å². The topological polar surface area (TPSA) is 112 Å². The third-order valence-corrected chi connectivity index (χ3v) is 4.16. The molecule has 1 aliphatic heterocycles. The summed E-state index contributed by atoms with van der Waals surface area (Å²) in [7, 11) is 0. The van der Waals surface area contributed by atoms with E-state index in [2.05, 4.69) is 15.5 Å². The number of nitrogens with zero attached hydrogens (tertiary/aromatic N) is 4. The van der Waals surface area contributed by atoms with Crippen LogP contribution in [-0.4, -0.2) is 27.0 Å². The van der Waals surface area contributed by atoms with E-state index in [1.807, 2.05) is 19.9 Å². The summed E-state index contributed by atoms with van der Waals surface area (Å²) in [6.07, 6.45) is 0. The molecule has 8 heteroatoms. The van der Waals surface area contributed by atoms with Gasteiger partial charge in [0.1, 0.15) is 12.1 Å². The molecule has 1 aliphatic rings. The molecule has 25 heavy (non-hydrogen) atoms. The van der Waals surface area contributed by atoms with E-state index in [0.717, 1.165) is 4.90 Å². The Morgan fingerprint density at radius 2 is 2.00 bits per heavy atom. The highest BCUT2D eigenvalue weighted by molar-refractivity contribution is 6.07. The number of aromatic nitrogens is 2. The van der Waals surface area contributed by atoms with Crippen molar-refractivity contribution in [3.63, 3.8) is 0 Å². The minimum Gasteiger partial charge on any atom is -0.337 e. The lowest BCUT2D eigenvalue weighted by Crippen LogP contribution is -2.40. The minimum atomic E-state index is -1.20. The molecule has 1 aromatic carbocycles. The van der Waals surface area contributed by atoms with E-state index in [0.29, 0.717) is 17.0 Å². The Morgan fingerprint density at radius 1 is 1.32 bits per heavy atom. The monoisotopic (exact) mass is 339 g/mol. The van der Waals surface area contributed by atoms with Gasteiger partial charge in [0.2, 0.25) is 5.89 Å². The molecule has 2 heterocycles. The number of carbonyl (C=O) groups is 2. The Bertz CT molecular complexity index is 865. The van der Waals surface area contributed by atoms with Crippen molar-refractivity contribution in [2.75, 3.05) is 0 Å². The Morgan fingerprint density at radius 3 is 2.56 bits per heavy atom. The van der Waals surface area contributed by atoms with Gasteiger partial charge in [-0.2, -0.15) is 10.2 Å². The summed E-state index contributed by atoms with van der Waals surface area (Å²) in [6, 6.07) is 8.02. The quantitative estimate of drug-likeness (QED) is 0.853. The Hall–Kier alpha value is -3.21. The van der Waals surface area contributed by atoms with E-state index < -0.39 is 17.5 Å². The average molecular weight is 339 g/mol. The predicted octanol–water partition coefficient (Wildman–Crippen LogP) is 2.03. The molecule has 0 radical (unpaired) electrons. The second-order valence-corrected chi connectivity index (χ2v) is 6.34. The van der Waals surface area contributed by atoms with Crippen LogP contribution in [0, 0.1) is 11.3 Å². The molecule has 1 unspecified atom stereocenters. The third kappa shape index (κ3) is 2.85. The van der Waals surface area contributed by atoms with Gasteiger partial charge in [-0.25, -0.2) is 4.79 Å². The first-order valence-corrected chi connectivity index (χ1v) is 7.82. The fourth-order valence-electron chi connectivity index (χ4n) is 2.62. The summed E-state index contributed by atoms with van der Waals surface area (Å²) in [6.45, 7) is 5.38. The first-order valence-electron chi connectivity index (χ1n) is 7.82. The first kappa shape index (κ1) is 16.6. The summed E-state index contributed by atoms with van der Waals surface area (Å²) in [5, 5.41) is 15.4. The molecule has 1 saturated heterocycles. The van der Waals surface area contributed by atoms with Crippen LogP contribution in [0.5, 0.6) is 0 Å². The highest BCUT2D eigenvalue weighted by Gasteiger charge is 2.49. The highest BCUT2D eigenvalue weighted by atomic mass is 16.5. The second-order valence-electron chi connectivity index (χ2n) is 6.34. The highest BCUT2D eigenvalue weighted by Crippen LogP contribution is 2.30. The number of hydrogen-bond donors (Lipinski definition) is 1. The van der Waals surface area contributed by atoms with Crippen LogP contribution in [0.1, 0.15) is 49.5 Å². The molecular weight excluding hydrogens is 322 g/mol. The zero-order valence-electron chi connectivity index (χ0n) is 14.1. The lowest BCUT2D eigenvalue weighted by Gasteiger charge is -2.22. The number of hydrogen-bond acceptors (Lipinski definition) is 6. The zero-order valence-corrected chi connectivity index (χ0v) is 14.1. The van der Waals surface area contributed by atoms with Gasteiger partial charge in [0.05, 0.1) is 11.6 Å². The lowest BCUT2D eigenvalue weighted by molar-refractivity contribution is -0.131. The van der Waals surface area contributed by atoms with Gasteiger partial charge in [0.25, 0.3) is 5.91 Å². The van der Waals surface area contributed by atoms with E-state index in [1.54, 1.807) is 31.2 Å². The van der Waals surface area contributed by atoms with Gasteiger partial charge in [-0.3, -0.25) is 9.69 Å². The minimum absolute atomic E-state index is 0.0870. The summed E-state index contributed by atoms with van der Waals surface area (Å²) in [5.74, 6) is 0.407. The molecule has 1 aromatic heterocycles. The molecule has 8 nitrogen and oxygen atoms in total. The van der Waals surface area contributed by atoms with Gasteiger partial charge in [0, 0.05) is 5.92 Å². The van der Waals surface area contributed by atoms with Crippen LogP contribution in [0.2, 0.25) is 0 Å². The SMILES string of the molecule is CC(C)c1noc(CN2C(=O)NC(C)(c3ccc(C#N)cc3)C2=O)n1. The number of urea groups is 1. The van der Waals surface area contributed by atoms with Crippen molar-refractivity contribution >= 4 is 11.9 Å². The summed E-state index contributed by atoms with van der Waals surface area (Å²) >= 11 is 0. The maximum atomic E-state index is 12.8. The fourth-order valence-corrected chi connectivity index (χ4v) is 2.62. The molecule has 0 saturated carbocycles. The van der Waals surface area contributed by atoms with Crippen molar-refractivity contribution in [2.45, 2.75) is 38.8 Å². The van der Waals surface area contributed by atoms with Crippen molar-refractivity contribution in [1.82, 2.24) is 20.4 Å². The summed E-state index contributed by atoms with van der Waals surface area (Å²) < 4.78 is 5.12. The van der Waals surface area contributed by atoms with Gasteiger partial charge in [-0.15, -0.1) is 0 Å². The van der Waals surface area contributed by atoms with Crippen LogP contribution in [-0.2, 0) is 16.9 Å². The van der Waals surface area contributed by atoms with Crippen molar-refractivity contribution < 1.29 is 14.1 Å². The zero-order chi connectivity index (χ0) is 18.2. The molecule has 0 aliphatic carbocycles. The van der Waals surface area contributed by atoms with Gasteiger partial charge in [-0.1, -0.05) is 31.1 Å². The third-order valence-electron chi connectivity index (χ3n) is 4.16.